The lowest BCUT2D eigenvalue weighted by Gasteiger charge is -2.25. The molecular formula is C22H19Cl2FN2O2. The quantitative estimate of drug-likeness (QED) is 0.490. The van der Waals surface area contributed by atoms with Crippen molar-refractivity contribution in [2.75, 3.05) is 6.54 Å². The smallest absolute Gasteiger partial charge is 0.223 e. The minimum Gasteiger partial charge on any atom is -0.441 e. The number of amides is 1. The van der Waals surface area contributed by atoms with Crippen molar-refractivity contribution in [3.63, 3.8) is 0 Å². The third-order valence-corrected chi connectivity index (χ3v) is 5.68. The van der Waals surface area contributed by atoms with Crippen LogP contribution in [0.4, 0.5) is 4.39 Å². The summed E-state index contributed by atoms with van der Waals surface area (Å²) in [5.41, 5.74) is 1.67. The van der Waals surface area contributed by atoms with Gasteiger partial charge in [0.05, 0.1) is 17.3 Å². The number of hydrogen-bond donors (Lipinski definition) is 0. The first kappa shape index (κ1) is 19.9. The fourth-order valence-electron chi connectivity index (χ4n) is 3.69. The van der Waals surface area contributed by atoms with Gasteiger partial charge in [-0.1, -0.05) is 35.3 Å². The zero-order valence-corrected chi connectivity index (χ0v) is 17.1. The van der Waals surface area contributed by atoms with Crippen LogP contribution in [0.15, 0.2) is 53.1 Å². The number of oxazole rings is 1. The predicted octanol–water partition coefficient (Wildman–Crippen LogP) is 6.08. The molecule has 29 heavy (non-hydrogen) atoms. The Morgan fingerprint density at radius 3 is 2.76 bits per heavy atom. The van der Waals surface area contributed by atoms with E-state index >= 15 is 0 Å². The molecule has 2 heterocycles. The van der Waals surface area contributed by atoms with E-state index in [0.717, 1.165) is 18.4 Å². The Kier molecular flexibility index (Phi) is 5.88. The molecule has 0 aliphatic carbocycles. The van der Waals surface area contributed by atoms with E-state index in [1.54, 1.807) is 36.5 Å². The van der Waals surface area contributed by atoms with Crippen molar-refractivity contribution < 1.29 is 13.6 Å². The molecular weight excluding hydrogens is 414 g/mol. The summed E-state index contributed by atoms with van der Waals surface area (Å²) in [6.07, 6.45) is 4.12. The van der Waals surface area contributed by atoms with Crippen LogP contribution >= 0.6 is 23.2 Å². The minimum absolute atomic E-state index is 0.00362. The molecule has 1 unspecified atom stereocenters. The molecule has 2 aromatic carbocycles. The standard InChI is InChI=1S/C22H19Cl2FN2O2/c23-15-5-8-17(18(24)12-15)20-13-26-21(29-20)9-10-22(28)27-11-1-2-19(27)14-3-6-16(25)7-4-14/h3-8,12-13,19H,1-2,9-11H2. The van der Waals surface area contributed by atoms with Crippen LogP contribution in [0.3, 0.4) is 0 Å². The third kappa shape index (κ3) is 4.46. The summed E-state index contributed by atoms with van der Waals surface area (Å²) in [6, 6.07) is 11.5. The van der Waals surface area contributed by atoms with Gasteiger partial charge in [-0.3, -0.25) is 4.79 Å². The second-order valence-corrected chi connectivity index (χ2v) is 7.88. The molecule has 150 valence electrons. The molecule has 1 amide bonds. The Morgan fingerprint density at radius 2 is 2.00 bits per heavy atom. The molecule has 0 saturated carbocycles. The summed E-state index contributed by atoms with van der Waals surface area (Å²) in [7, 11) is 0. The highest BCUT2D eigenvalue weighted by atomic mass is 35.5. The van der Waals surface area contributed by atoms with Gasteiger partial charge in [-0.05, 0) is 48.7 Å². The molecule has 0 bridgehead atoms. The van der Waals surface area contributed by atoms with Crippen LogP contribution in [0.5, 0.6) is 0 Å². The zero-order valence-electron chi connectivity index (χ0n) is 15.6. The lowest BCUT2D eigenvalue weighted by atomic mass is 10.0. The van der Waals surface area contributed by atoms with Crippen LogP contribution < -0.4 is 0 Å². The maximum Gasteiger partial charge on any atom is 0.223 e. The monoisotopic (exact) mass is 432 g/mol. The molecule has 7 heteroatoms. The molecule has 0 spiro atoms. The molecule has 1 saturated heterocycles. The number of hydrogen-bond acceptors (Lipinski definition) is 3. The molecule has 3 aromatic rings. The number of carbonyl (C=O) groups is 1. The summed E-state index contributed by atoms with van der Waals surface area (Å²) in [5, 5.41) is 1.03. The summed E-state index contributed by atoms with van der Waals surface area (Å²) in [4.78, 5) is 18.9. The summed E-state index contributed by atoms with van der Waals surface area (Å²) >= 11 is 12.1. The van der Waals surface area contributed by atoms with Gasteiger partial charge in [0.15, 0.2) is 11.7 Å². The van der Waals surface area contributed by atoms with Gasteiger partial charge < -0.3 is 9.32 Å². The van der Waals surface area contributed by atoms with Crippen molar-refractivity contribution in [1.29, 1.82) is 0 Å². The van der Waals surface area contributed by atoms with Gasteiger partial charge in [0.25, 0.3) is 0 Å². The number of nitrogens with zero attached hydrogens (tertiary/aromatic N) is 2. The first-order valence-electron chi connectivity index (χ1n) is 9.46. The first-order chi connectivity index (χ1) is 14.0. The third-order valence-electron chi connectivity index (χ3n) is 5.13. The van der Waals surface area contributed by atoms with Crippen molar-refractivity contribution in [2.45, 2.75) is 31.7 Å². The van der Waals surface area contributed by atoms with Crippen LogP contribution in [-0.2, 0) is 11.2 Å². The molecule has 1 aliphatic heterocycles. The molecule has 4 rings (SSSR count). The largest absolute Gasteiger partial charge is 0.441 e. The van der Waals surface area contributed by atoms with Gasteiger partial charge in [0.1, 0.15) is 5.82 Å². The average Bonchev–Trinajstić information content (AvgIpc) is 3.36. The summed E-state index contributed by atoms with van der Waals surface area (Å²) in [5.74, 6) is 0.794. The number of aromatic nitrogens is 1. The second kappa shape index (κ2) is 8.56. The lowest BCUT2D eigenvalue weighted by molar-refractivity contribution is -0.132. The van der Waals surface area contributed by atoms with Gasteiger partial charge in [-0.2, -0.15) is 0 Å². The number of halogens is 3. The highest BCUT2D eigenvalue weighted by molar-refractivity contribution is 6.36. The molecule has 0 radical (unpaired) electrons. The average molecular weight is 433 g/mol. The van der Waals surface area contributed by atoms with Crippen LogP contribution in [0.25, 0.3) is 11.3 Å². The molecule has 1 aromatic heterocycles. The van der Waals surface area contributed by atoms with Crippen molar-refractivity contribution in [2.24, 2.45) is 0 Å². The van der Waals surface area contributed by atoms with E-state index in [1.807, 2.05) is 4.90 Å². The number of aryl methyl sites for hydroxylation is 1. The van der Waals surface area contributed by atoms with E-state index in [0.29, 0.717) is 46.6 Å². The highest BCUT2D eigenvalue weighted by Gasteiger charge is 2.29. The van der Waals surface area contributed by atoms with E-state index in [-0.39, 0.29) is 17.8 Å². The van der Waals surface area contributed by atoms with Gasteiger partial charge in [-0.25, -0.2) is 9.37 Å². The van der Waals surface area contributed by atoms with Gasteiger partial charge in [-0.15, -0.1) is 0 Å². The van der Waals surface area contributed by atoms with E-state index in [2.05, 4.69) is 4.98 Å². The van der Waals surface area contributed by atoms with E-state index < -0.39 is 0 Å². The SMILES string of the molecule is O=C(CCc1ncc(-c2ccc(Cl)cc2Cl)o1)N1CCCC1c1ccc(F)cc1. The fourth-order valence-corrected chi connectivity index (χ4v) is 4.20. The van der Waals surface area contributed by atoms with E-state index in [1.165, 1.54) is 12.1 Å². The van der Waals surface area contributed by atoms with E-state index in [4.69, 9.17) is 27.6 Å². The molecule has 0 N–H and O–H groups in total. The van der Waals surface area contributed by atoms with Crippen LogP contribution in [0, 0.1) is 5.82 Å². The number of rotatable bonds is 5. The topological polar surface area (TPSA) is 46.3 Å². The van der Waals surface area contributed by atoms with Crippen molar-refractivity contribution in [3.8, 4) is 11.3 Å². The van der Waals surface area contributed by atoms with Crippen LogP contribution in [0.1, 0.15) is 36.8 Å². The zero-order chi connectivity index (χ0) is 20.4. The Labute approximate surface area is 178 Å². The van der Waals surface area contributed by atoms with Gasteiger partial charge in [0.2, 0.25) is 5.91 Å². The van der Waals surface area contributed by atoms with Crippen LogP contribution in [-0.4, -0.2) is 22.3 Å². The summed E-state index contributed by atoms with van der Waals surface area (Å²) < 4.78 is 19.0. The predicted molar refractivity (Wildman–Crippen MR) is 110 cm³/mol. The molecule has 4 nitrogen and oxygen atoms in total. The molecule has 1 fully saturated rings. The number of likely N-dealkylation sites (tertiary alicyclic amines) is 1. The number of benzene rings is 2. The van der Waals surface area contributed by atoms with Crippen molar-refractivity contribution in [1.82, 2.24) is 9.88 Å². The Hall–Kier alpha value is -2.37. The normalized spacial score (nSPS) is 16.4. The molecule has 1 atom stereocenters. The first-order valence-corrected chi connectivity index (χ1v) is 10.2. The van der Waals surface area contributed by atoms with Crippen molar-refractivity contribution in [3.05, 3.63) is 76.0 Å². The van der Waals surface area contributed by atoms with Gasteiger partial charge >= 0.3 is 0 Å². The minimum atomic E-state index is -0.273. The Bertz CT molecular complexity index is 1020. The Morgan fingerprint density at radius 1 is 1.21 bits per heavy atom. The number of carbonyl (C=O) groups excluding carboxylic acids is 1. The van der Waals surface area contributed by atoms with Crippen LogP contribution in [0.2, 0.25) is 10.0 Å². The van der Waals surface area contributed by atoms with Gasteiger partial charge in [0, 0.05) is 30.0 Å². The maximum absolute atomic E-state index is 13.2. The van der Waals surface area contributed by atoms with Crippen molar-refractivity contribution >= 4 is 29.1 Å². The lowest BCUT2D eigenvalue weighted by Crippen LogP contribution is -2.30. The Balaban J connectivity index is 1.40. The fraction of sp³-hybridized carbons (Fsp3) is 0.273. The second-order valence-electron chi connectivity index (χ2n) is 7.04. The maximum atomic E-state index is 13.2. The summed E-state index contributed by atoms with van der Waals surface area (Å²) in [6.45, 7) is 0.706. The molecule has 1 aliphatic rings. The highest BCUT2D eigenvalue weighted by Crippen LogP contribution is 2.33. The van der Waals surface area contributed by atoms with E-state index in [9.17, 15) is 9.18 Å².